The van der Waals surface area contributed by atoms with Gasteiger partial charge < -0.3 is 5.73 Å². The number of aliphatic imine (C=N–C) groups is 1. The molecule has 23 heavy (non-hydrogen) atoms. The topological polar surface area (TPSA) is 70.7 Å². The number of nitrogens with two attached hydrogens (primary N) is 1. The predicted octanol–water partition coefficient (Wildman–Crippen LogP) is 3.24. The number of carbonyl (C=O) groups is 1. The number of aryl methyl sites for hydroxylation is 2. The number of anilines is 1. The third kappa shape index (κ3) is 5.13. The molecule has 3 N–H and O–H groups in total. The lowest BCUT2D eigenvalue weighted by molar-refractivity contribution is 0.250. The largest absolute Gasteiger partial charge is 0.370 e. The molecule has 2 amide bonds. The summed E-state index contributed by atoms with van der Waals surface area (Å²) in [6.07, 6.45) is 4.23. The standard InChI is InChI=1S/C18H28N4O/c1-5-12-20-17(19)21-18(23)22(13-6-2)16-14(7-3)10-9-11-15(16)8-4/h5,9-11H,1,6-8,12-13H2,2-4H3,(H3,19,20,21,23). The first-order chi connectivity index (χ1) is 11.1. The molecule has 5 heteroatoms. The van der Waals surface area contributed by atoms with Crippen molar-refractivity contribution in [3.05, 3.63) is 42.0 Å². The zero-order valence-electron chi connectivity index (χ0n) is 14.4. The molecular formula is C18H28N4O. The number of amides is 2. The molecule has 0 atom stereocenters. The maximum Gasteiger partial charge on any atom is 0.328 e. The molecule has 5 nitrogen and oxygen atoms in total. The Kier molecular flexibility index (Phi) is 7.88. The van der Waals surface area contributed by atoms with Gasteiger partial charge in [0.1, 0.15) is 0 Å². The number of nitrogens with one attached hydrogen (secondary N) is 1. The summed E-state index contributed by atoms with van der Waals surface area (Å²) in [6.45, 7) is 10.8. The third-order valence-corrected chi connectivity index (χ3v) is 3.55. The van der Waals surface area contributed by atoms with Gasteiger partial charge in [0.05, 0.1) is 12.2 Å². The molecule has 0 aliphatic rings. The van der Waals surface area contributed by atoms with Crippen LogP contribution in [0.4, 0.5) is 10.5 Å². The summed E-state index contributed by atoms with van der Waals surface area (Å²) in [5, 5.41) is 2.67. The highest BCUT2D eigenvalue weighted by molar-refractivity contribution is 6.04. The molecule has 0 aliphatic carbocycles. The van der Waals surface area contributed by atoms with E-state index in [2.05, 4.69) is 49.8 Å². The Bertz CT molecular complexity index is 544. The Morgan fingerprint density at radius 1 is 1.30 bits per heavy atom. The SMILES string of the molecule is C=CCN=C(N)NC(=O)N(CCC)c1c(CC)cccc1CC. The molecule has 0 saturated heterocycles. The highest BCUT2D eigenvalue weighted by Crippen LogP contribution is 2.27. The monoisotopic (exact) mass is 316 g/mol. The van der Waals surface area contributed by atoms with Gasteiger partial charge in [0, 0.05) is 6.54 Å². The van der Waals surface area contributed by atoms with Gasteiger partial charge >= 0.3 is 6.03 Å². The number of urea groups is 1. The molecule has 0 aliphatic heterocycles. The third-order valence-electron chi connectivity index (χ3n) is 3.55. The minimum absolute atomic E-state index is 0.114. The first-order valence-electron chi connectivity index (χ1n) is 8.19. The lowest BCUT2D eigenvalue weighted by Gasteiger charge is -2.27. The summed E-state index contributed by atoms with van der Waals surface area (Å²) in [5.41, 5.74) is 9.07. The number of rotatable bonds is 7. The number of para-hydroxylation sites is 1. The quantitative estimate of drug-likeness (QED) is 0.460. The Morgan fingerprint density at radius 2 is 1.91 bits per heavy atom. The molecule has 0 bridgehead atoms. The fraction of sp³-hybridized carbons (Fsp3) is 0.444. The number of benzene rings is 1. The number of guanidine groups is 1. The molecule has 0 radical (unpaired) electrons. The van der Waals surface area contributed by atoms with Crippen LogP contribution in [0.3, 0.4) is 0 Å². The van der Waals surface area contributed by atoms with Gasteiger partial charge in [-0.2, -0.15) is 0 Å². The normalized spacial score (nSPS) is 11.2. The molecule has 0 unspecified atom stereocenters. The van der Waals surface area contributed by atoms with Gasteiger partial charge in [0.15, 0.2) is 5.96 Å². The van der Waals surface area contributed by atoms with Crippen molar-refractivity contribution in [1.82, 2.24) is 5.32 Å². The molecule has 1 rings (SSSR count). The van der Waals surface area contributed by atoms with E-state index in [4.69, 9.17) is 5.73 Å². The van der Waals surface area contributed by atoms with Crippen LogP contribution in [0.15, 0.2) is 35.8 Å². The van der Waals surface area contributed by atoms with E-state index in [0.29, 0.717) is 13.1 Å². The van der Waals surface area contributed by atoms with Crippen molar-refractivity contribution in [2.45, 2.75) is 40.0 Å². The minimum atomic E-state index is -0.243. The van der Waals surface area contributed by atoms with Crippen molar-refractivity contribution in [2.75, 3.05) is 18.0 Å². The molecule has 0 heterocycles. The Morgan fingerprint density at radius 3 is 2.39 bits per heavy atom. The molecule has 0 spiro atoms. The zero-order valence-corrected chi connectivity index (χ0v) is 14.4. The van der Waals surface area contributed by atoms with Gasteiger partial charge in [-0.3, -0.25) is 10.2 Å². The van der Waals surface area contributed by atoms with Crippen LogP contribution in [-0.4, -0.2) is 25.1 Å². The summed E-state index contributed by atoms with van der Waals surface area (Å²) in [5.74, 6) is 0.114. The number of hydrogen-bond acceptors (Lipinski definition) is 2. The Hall–Kier alpha value is -2.30. The van der Waals surface area contributed by atoms with Gasteiger partial charge in [-0.05, 0) is 30.4 Å². The summed E-state index contributed by atoms with van der Waals surface area (Å²) in [4.78, 5) is 18.5. The van der Waals surface area contributed by atoms with E-state index in [1.807, 2.05) is 6.07 Å². The van der Waals surface area contributed by atoms with Gasteiger partial charge in [-0.15, -0.1) is 6.58 Å². The molecule has 0 fully saturated rings. The van der Waals surface area contributed by atoms with Crippen molar-refractivity contribution in [2.24, 2.45) is 10.7 Å². The highest BCUT2D eigenvalue weighted by atomic mass is 16.2. The highest BCUT2D eigenvalue weighted by Gasteiger charge is 2.20. The average molecular weight is 316 g/mol. The van der Waals surface area contributed by atoms with E-state index in [0.717, 1.165) is 36.1 Å². The van der Waals surface area contributed by atoms with E-state index >= 15 is 0 Å². The van der Waals surface area contributed by atoms with Gasteiger partial charge in [-0.25, -0.2) is 9.79 Å². The van der Waals surface area contributed by atoms with E-state index in [1.54, 1.807) is 11.0 Å². The van der Waals surface area contributed by atoms with Crippen LogP contribution in [-0.2, 0) is 12.8 Å². The van der Waals surface area contributed by atoms with E-state index in [1.165, 1.54) is 0 Å². The first-order valence-corrected chi connectivity index (χ1v) is 8.19. The van der Waals surface area contributed by atoms with Crippen LogP contribution in [0.25, 0.3) is 0 Å². The minimum Gasteiger partial charge on any atom is -0.370 e. The van der Waals surface area contributed by atoms with E-state index < -0.39 is 0 Å². The van der Waals surface area contributed by atoms with Gasteiger partial charge in [0.2, 0.25) is 0 Å². The second-order valence-corrected chi connectivity index (χ2v) is 5.23. The zero-order chi connectivity index (χ0) is 17.2. The smallest absolute Gasteiger partial charge is 0.328 e. The lowest BCUT2D eigenvalue weighted by Crippen LogP contribution is -2.47. The summed E-state index contributed by atoms with van der Waals surface area (Å²) in [7, 11) is 0. The van der Waals surface area contributed by atoms with Crippen molar-refractivity contribution in [3.8, 4) is 0 Å². The number of carbonyl (C=O) groups excluding carboxylic acids is 1. The van der Waals surface area contributed by atoms with E-state index in [9.17, 15) is 4.79 Å². The molecule has 1 aromatic rings. The van der Waals surface area contributed by atoms with Crippen molar-refractivity contribution in [3.63, 3.8) is 0 Å². The number of nitrogens with zero attached hydrogens (tertiary/aromatic N) is 2. The molecular weight excluding hydrogens is 288 g/mol. The number of hydrogen-bond donors (Lipinski definition) is 2. The summed E-state index contributed by atoms with van der Waals surface area (Å²) < 4.78 is 0. The Labute approximate surface area is 139 Å². The second-order valence-electron chi connectivity index (χ2n) is 5.23. The van der Waals surface area contributed by atoms with Crippen LogP contribution >= 0.6 is 0 Å². The molecule has 1 aromatic carbocycles. The van der Waals surface area contributed by atoms with Crippen LogP contribution in [0.5, 0.6) is 0 Å². The maximum absolute atomic E-state index is 12.7. The second kappa shape index (κ2) is 9.66. The molecule has 0 aromatic heterocycles. The summed E-state index contributed by atoms with van der Waals surface area (Å²) in [6, 6.07) is 5.94. The van der Waals surface area contributed by atoms with Gasteiger partial charge in [-0.1, -0.05) is 45.0 Å². The predicted molar refractivity (Wildman–Crippen MR) is 98.1 cm³/mol. The average Bonchev–Trinajstić information content (AvgIpc) is 2.56. The summed E-state index contributed by atoms with van der Waals surface area (Å²) >= 11 is 0. The Balaban J connectivity index is 3.16. The van der Waals surface area contributed by atoms with Crippen LogP contribution in [0, 0.1) is 0 Å². The van der Waals surface area contributed by atoms with Crippen LogP contribution < -0.4 is 16.0 Å². The van der Waals surface area contributed by atoms with Crippen molar-refractivity contribution < 1.29 is 4.79 Å². The lowest BCUT2D eigenvalue weighted by atomic mass is 10.0. The van der Waals surface area contributed by atoms with E-state index in [-0.39, 0.29) is 12.0 Å². The molecule has 0 saturated carbocycles. The fourth-order valence-electron chi connectivity index (χ4n) is 2.48. The first kappa shape index (κ1) is 18.7. The molecule has 126 valence electrons. The van der Waals surface area contributed by atoms with Crippen molar-refractivity contribution >= 4 is 17.7 Å². The maximum atomic E-state index is 12.7. The van der Waals surface area contributed by atoms with Crippen molar-refractivity contribution in [1.29, 1.82) is 0 Å². The fourth-order valence-corrected chi connectivity index (χ4v) is 2.48. The van der Waals surface area contributed by atoms with Crippen LogP contribution in [0.2, 0.25) is 0 Å². The van der Waals surface area contributed by atoms with Crippen LogP contribution in [0.1, 0.15) is 38.3 Å². The van der Waals surface area contributed by atoms with Gasteiger partial charge in [0.25, 0.3) is 0 Å².